The zero-order chi connectivity index (χ0) is 12.4. The fraction of sp³-hybridized carbons (Fsp3) is 0. The summed E-state index contributed by atoms with van der Waals surface area (Å²) in [5, 5.41) is 0.507. The Hall–Kier alpha value is -2.27. The Kier molecular flexibility index (Phi) is 2.74. The van der Waals surface area contributed by atoms with Crippen LogP contribution in [0.5, 0.6) is 11.6 Å². The Bertz CT molecular complexity index is 704. The van der Waals surface area contributed by atoms with E-state index in [0.717, 1.165) is 0 Å². The highest BCUT2D eigenvalue weighted by Gasteiger charge is 2.03. The molecule has 0 amide bonds. The second kappa shape index (κ2) is 4.54. The van der Waals surface area contributed by atoms with Gasteiger partial charge in [-0.05, 0) is 6.07 Å². The van der Waals surface area contributed by atoms with Crippen LogP contribution in [-0.4, -0.2) is 19.9 Å². The predicted molar refractivity (Wildman–Crippen MR) is 66.7 cm³/mol. The van der Waals surface area contributed by atoms with Crippen LogP contribution in [0.25, 0.3) is 11.2 Å². The summed E-state index contributed by atoms with van der Waals surface area (Å²) < 4.78 is 5.54. The molecule has 0 fully saturated rings. The van der Waals surface area contributed by atoms with E-state index in [2.05, 4.69) is 19.9 Å². The molecular formula is C12H7ClN4O. The Morgan fingerprint density at radius 3 is 2.83 bits per heavy atom. The molecule has 6 heteroatoms. The molecular weight excluding hydrogens is 252 g/mol. The first-order valence-electron chi connectivity index (χ1n) is 5.17. The lowest BCUT2D eigenvalue weighted by Gasteiger charge is -2.04. The number of aromatic nitrogens is 4. The van der Waals surface area contributed by atoms with Crippen molar-refractivity contribution < 1.29 is 4.74 Å². The van der Waals surface area contributed by atoms with Crippen molar-refractivity contribution in [3.8, 4) is 11.6 Å². The van der Waals surface area contributed by atoms with Gasteiger partial charge in [-0.25, -0.2) is 4.98 Å². The molecule has 3 aromatic heterocycles. The van der Waals surface area contributed by atoms with Gasteiger partial charge in [-0.2, -0.15) is 4.98 Å². The Morgan fingerprint density at radius 2 is 1.94 bits per heavy atom. The summed E-state index contributed by atoms with van der Waals surface area (Å²) in [6.07, 6.45) is 6.30. The summed E-state index contributed by atoms with van der Waals surface area (Å²) in [5.74, 6) is 0.949. The van der Waals surface area contributed by atoms with Crippen molar-refractivity contribution in [2.24, 2.45) is 0 Å². The molecule has 3 heterocycles. The zero-order valence-corrected chi connectivity index (χ0v) is 9.87. The lowest BCUT2D eigenvalue weighted by atomic mass is 10.4. The van der Waals surface area contributed by atoms with Crippen LogP contribution >= 0.6 is 11.6 Å². The minimum absolute atomic E-state index is 0.423. The van der Waals surface area contributed by atoms with Gasteiger partial charge in [0, 0.05) is 30.7 Å². The van der Waals surface area contributed by atoms with Gasteiger partial charge in [0.2, 0.25) is 5.88 Å². The molecule has 5 nitrogen and oxygen atoms in total. The molecule has 0 saturated carbocycles. The minimum atomic E-state index is 0.423. The topological polar surface area (TPSA) is 60.8 Å². The van der Waals surface area contributed by atoms with Crippen LogP contribution in [0, 0.1) is 0 Å². The van der Waals surface area contributed by atoms with Gasteiger partial charge in [-0.1, -0.05) is 11.6 Å². The molecule has 3 aromatic rings. The SMILES string of the molecule is Clc1cncc(Oc2ccc3nccnc3n2)c1. The van der Waals surface area contributed by atoms with Gasteiger partial charge in [-0.15, -0.1) is 0 Å². The first kappa shape index (κ1) is 10.9. The van der Waals surface area contributed by atoms with Crippen LogP contribution < -0.4 is 4.74 Å². The third-order valence-corrected chi connectivity index (χ3v) is 2.41. The number of fused-ring (bicyclic) bond motifs is 1. The molecule has 0 N–H and O–H groups in total. The monoisotopic (exact) mass is 258 g/mol. The maximum absolute atomic E-state index is 5.82. The van der Waals surface area contributed by atoms with Crippen molar-refractivity contribution in [2.45, 2.75) is 0 Å². The third-order valence-electron chi connectivity index (χ3n) is 2.21. The van der Waals surface area contributed by atoms with Crippen LogP contribution in [0.1, 0.15) is 0 Å². The fourth-order valence-corrected chi connectivity index (χ4v) is 1.63. The second-order valence-corrected chi connectivity index (χ2v) is 3.93. The van der Waals surface area contributed by atoms with Crippen LogP contribution in [0.3, 0.4) is 0 Å². The quantitative estimate of drug-likeness (QED) is 0.707. The third kappa shape index (κ3) is 2.21. The molecule has 0 spiro atoms. The first-order chi connectivity index (χ1) is 8.81. The van der Waals surface area contributed by atoms with Gasteiger partial charge in [0.05, 0.1) is 11.2 Å². The Balaban J connectivity index is 1.95. The summed E-state index contributed by atoms with van der Waals surface area (Å²) in [4.78, 5) is 16.4. The number of nitrogens with zero attached hydrogens (tertiary/aromatic N) is 4. The van der Waals surface area contributed by atoms with Gasteiger partial charge in [0.25, 0.3) is 0 Å². The Labute approximate surface area is 107 Å². The molecule has 0 atom stereocenters. The molecule has 0 aliphatic rings. The molecule has 0 aromatic carbocycles. The van der Waals surface area contributed by atoms with E-state index in [9.17, 15) is 0 Å². The molecule has 0 bridgehead atoms. The highest BCUT2D eigenvalue weighted by Crippen LogP contribution is 2.22. The lowest BCUT2D eigenvalue weighted by Crippen LogP contribution is -1.91. The summed E-state index contributed by atoms with van der Waals surface area (Å²) >= 11 is 5.82. The maximum Gasteiger partial charge on any atom is 0.221 e. The van der Waals surface area contributed by atoms with Gasteiger partial charge < -0.3 is 4.74 Å². The van der Waals surface area contributed by atoms with Crippen LogP contribution in [0.2, 0.25) is 5.02 Å². The highest BCUT2D eigenvalue weighted by atomic mass is 35.5. The van der Waals surface area contributed by atoms with E-state index < -0.39 is 0 Å². The van der Waals surface area contributed by atoms with Gasteiger partial charge >= 0.3 is 0 Å². The number of pyridine rings is 2. The molecule has 0 aliphatic heterocycles. The van der Waals surface area contributed by atoms with E-state index in [1.165, 1.54) is 6.20 Å². The lowest BCUT2D eigenvalue weighted by molar-refractivity contribution is 0.462. The maximum atomic E-state index is 5.82. The van der Waals surface area contributed by atoms with Crippen molar-refractivity contribution in [3.63, 3.8) is 0 Å². The van der Waals surface area contributed by atoms with Crippen LogP contribution in [0.15, 0.2) is 43.0 Å². The van der Waals surface area contributed by atoms with Crippen LogP contribution in [-0.2, 0) is 0 Å². The van der Waals surface area contributed by atoms with Gasteiger partial charge in [-0.3, -0.25) is 9.97 Å². The average molecular weight is 259 g/mol. The average Bonchev–Trinajstić information content (AvgIpc) is 2.39. The first-order valence-corrected chi connectivity index (χ1v) is 5.55. The molecule has 0 saturated heterocycles. The Morgan fingerprint density at radius 1 is 1.06 bits per heavy atom. The van der Waals surface area contributed by atoms with Crippen molar-refractivity contribution in [1.82, 2.24) is 19.9 Å². The smallest absolute Gasteiger partial charge is 0.221 e. The second-order valence-electron chi connectivity index (χ2n) is 3.49. The number of rotatable bonds is 2. The van der Waals surface area contributed by atoms with Crippen molar-refractivity contribution in [2.75, 3.05) is 0 Å². The highest BCUT2D eigenvalue weighted by molar-refractivity contribution is 6.30. The normalized spacial score (nSPS) is 10.5. The molecule has 18 heavy (non-hydrogen) atoms. The van der Waals surface area contributed by atoms with E-state index in [-0.39, 0.29) is 0 Å². The molecule has 88 valence electrons. The molecule has 0 aliphatic carbocycles. The van der Waals surface area contributed by atoms with E-state index in [1.807, 2.05) is 0 Å². The van der Waals surface area contributed by atoms with E-state index in [1.54, 1.807) is 36.8 Å². The standard InChI is InChI=1S/C12H7ClN4O/c13-8-5-9(7-14-6-8)18-11-2-1-10-12(17-11)16-4-3-15-10/h1-7H. The summed E-state index contributed by atoms with van der Waals surface area (Å²) in [7, 11) is 0. The van der Waals surface area contributed by atoms with E-state index in [4.69, 9.17) is 16.3 Å². The molecule has 3 rings (SSSR count). The predicted octanol–water partition coefficient (Wildman–Crippen LogP) is 2.87. The zero-order valence-electron chi connectivity index (χ0n) is 9.12. The molecule has 0 radical (unpaired) electrons. The number of ether oxygens (including phenoxy) is 1. The summed E-state index contributed by atoms with van der Waals surface area (Å²) in [6.45, 7) is 0. The number of halogens is 1. The number of hydrogen-bond acceptors (Lipinski definition) is 5. The minimum Gasteiger partial charge on any atom is -0.437 e. The summed E-state index contributed by atoms with van der Waals surface area (Å²) in [6, 6.07) is 5.18. The van der Waals surface area contributed by atoms with Crippen molar-refractivity contribution >= 4 is 22.8 Å². The van der Waals surface area contributed by atoms with Gasteiger partial charge in [0.15, 0.2) is 5.65 Å². The number of hydrogen-bond donors (Lipinski definition) is 0. The van der Waals surface area contributed by atoms with Crippen molar-refractivity contribution in [1.29, 1.82) is 0 Å². The van der Waals surface area contributed by atoms with Gasteiger partial charge in [0.1, 0.15) is 11.3 Å². The van der Waals surface area contributed by atoms with E-state index >= 15 is 0 Å². The fourth-order valence-electron chi connectivity index (χ4n) is 1.46. The van der Waals surface area contributed by atoms with Crippen LogP contribution in [0.4, 0.5) is 0 Å². The van der Waals surface area contributed by atoms with Crippen molar-refractivity contribution in [3.05, 3.63) is 48.0 Å². The summed E-state index contributed by atoms with van der Waals surface area (Å²) in [5.41, 5.74) is 1.25. The largest absolute Gasteiger partial charge is 0.437 e. The van der Waals surface area contributed by atoms with E-state index in [0.29, 0.717) is 27.8 Å². The molecule has 0 unspecified atom stereocenters.